The standard InChI is InChI=1S/C25H20Cl2N2O/c1-15-23(25(30)28-16(2)17-8-4-3-5-9-17)20-10-6-7-11-22(20)29-24(15)19-13-12-18(26)14-21(19)27/h3-14,16H,1-2H3,(H,28,30). The zero-order chi connectivity index (χ0) is 21.3. The molecule has 150 valence electrons. The predicted octanol–water partition coefficient (Wildman–Crippen LogP) is 7.01. The molecule has 0 radical (unpaired) electrons. The fourth-order valence-electron chi connectivity index (χ4n) is 3.64. The summed E-state index contributed by atoms with van der Waals surface area (Å²) in [4.78, 5) is 18.2. The second-order valence-corrected chi connectivity index (χ2v) is 8.05. The molecule has 0 saturated carbocycles. The molecule has 1 atom stereocenters. The maximum Gasteiger partial charge on any atom is 0.252 e. The number of hydrogen-bond donors (Lipinski definition) is 1. The van der Waals surface area contributed by atoms with Crippen LogP contribution in [0.1, 0.15) is 34.5 Å². The van der Waals surface area contributed by atoms with E-state index in [1.54, 1.807) is 12.1 Å². The van der Waals surface area contributed by atoms with E-state index >= 15 is 0 Å². The average Bonchev–Trinajstić information content (AvgIpc) is 2.74. The Morgan fingerprint density at radius 3 is 2.40 bits per heavy atom. The second kappa shape index (κ2) is 8.47. The van der Waals surface area contributed by atoms with E-state index in [-0.39, 0.29) is 11.9 Å². The largest absolute Gasteiger partial charge is 0.345 e. The zero-order valence-corrected chi connectivity index (χ0v) is 18.1. The van der Waals surface area contributed by atoms with E-state index in [1.165, 1.54) is 0 Å². The van der Waals surface area contributed by atoms with Gasteiger partial charge in [0, 0.05) is 16.0 Å². The first kappa shape index (κ1) is 20.4. The summed E-state index contributed by atoms with van der Waals surface area (Å²) in [7, 11) is 0. The molecule has 1 amide bonds. The monoisotopic (exact) mass is 434 g/mol. The van der Waals surface area contributed by atoms with Gasteiger partial charge in [0.05, 0.1) is 27.8 Å². The average molecular weight is 435 g/mol. The summed E-state index contributed by atoms with van der Waals surface area (Å²) < 4.78 is 0. The molecule has 0 aliphatic carbocycles. The van der Waals surface area contributed by atoms with Crippen molar-refractivity contribution in [3.05, 3.63) is 99.5 Å². The topological polar surface area (TPSA) is 42.0 Å². The highest BCUT2D eigenvalue weighted by Gasteiger charge is 2.21. The molecule has 1 N–H and O–H groups in total. The number of pyridine rings is 1. The van der Waals surface area contributed by atoms with Crippen molar-refractivity contribution in [3.8, 4) is 11.3 Å². The Hall–Kier alpha value is -2.88. The van der Waals surface area contributed by atoms with Crippen LogP contribution in [0.2, 0.25) is 10.0 Å². The van der Waals surface area contributed by atoms with Gasteiger partial charge in [-0.2, -0.15) is 0 Å². The minimum atomic E-state index is -0.145. The van der Waals surface area contributed by atoms with E-state index in [9.17, 15) is 4.79 Å². The summed E-state index contributed by atoms with van der Waals surface area (Å²) in [5.41, 5.74) is 4.58. The minimum absolute atomic E-state index is 0.132. The zero-order valence-electron chi connectivity index (χ0n) is 16.6. The van der Waals surface area contributed by atoms with Gasteiger partial charge in [-0.05, 0) is 49.2 Å². The van der Waals surface area contributed by atoms with Crippen LogP contribution in [0, 0.1) is 6.92 Å². The molecule has 30 heavy (non-hydrogen) atoms. The van der Waals surface area contributed by atoms with Crippen molar-refractivity contribution in [2.75, 3.05) is 0 Å². The SMILES string of the molecule is Cc1c(-c2ccc(Cl)cc2Cl)nc2ccccc2c1C(=O)NC(C)c1ccccc1. The van der Waals surface area contributed by atoms with Crippen LogP contribution >= 0.6 is 23.2 Å². The molecular formula is C25H20Cl2N2O. The van der Waals surface area contributed by atoms with Crippen LogP contribution in [0.25, 0.3) is 22.2 Å². The lowest BCUT2D eigenvalue weighted by molar-refractivity contribution is 0.0941. The van der Waals surface area contributed by atoms with Crippen LogP contribution < -0.4 is 5.32 Å². The fourth-order valence-corrected chi connectivity index (χ4v) is 4.14. The van der Waals surface area contributed by atoms with Crippen LogP contribution in [-0.4, -0.2) is 10.9 Å². The Balaban J connectivity index is 1.84. The Bertz CT molecular complexity index is 1240. The van der Waals surface area contributed by atoms with Gasteiger partial charge >= 0.3 is 0 Å². The third-order valence-corrected chi connectivity index (χ3v) is 5.74. The summed E-state index contributed by atoms with van der Waals surface area (Å²) in [6.07, 6.45) is 0. The molecule has 5 heteroatoms. The number of benzene rings is 3. The molecule has 0 spiro atoms. The van der Waals surface area contributed by atoms with Crippen molar-refractivity contribution in [1.82, 2.24) is 10.3 Å². The first-order chi connectivity index (χ1) is 14.5. The number of amides is 1. The molecule has 3 aromatic carbocycles. The lowest BCUT2D eigenvalue weighted by Crippen LogP contribution is -2.27. The van der Waals surface area contributed by atoms with E-state index in [4.69, 9.17) is 28.2 Å². The number of nitrogens with one attached hydrogen (secondary N) is 1. The van der Waals surface area contributed by atoms with Gasteiger partial charge in [0.15, 0.2) is 0 Å². The van der Waals surface area contributed by atoms with Crippen molar-refractivity contribution >= 4 is 40.0 Å². The molecule has 0 saturated heterocycles. The fraction of sp³-hybridized carbons (Fsp3) is 0.120. The van der Waals surface area contributed by atoms with Gasteiger partial charge in [-0.1, -0.05) is 71.7 Å². The number of fused-ring (bicyclic) bond motifs is 1. The maximum absolute atomic E-state index is 13.4. The number of para-hydroxylation sites is 1. The Labute approximate surface area is 185 Å². The van der Waals surface area contributed by atoms with E-state index in [2.05, 4.69) is 5.32 Å². The molecular weight excluding hydrogens is 415 g/mol. The Kier molecular flexibility index (Phi) is 5.76. The second-order valence-electron chi connectivity index (χ2n) is 7.21. The number of carbonyl (C=O) groups is 1. The first-order valence-corrected chi connectivity index (χ1v) is 10.4. The van der Waals surface area contributed by atoms with Crippen LogP contribution in [-0.2, 0) is 0 Å². The van der Waals surface area contributed by atoms with Gasteiger partial charge in [-0.3, -0.25) is 4.79 Å². The van der Waals surface area contributed by atoms with Crippen molar-refractivity contribution in [2.24, 2.45) is 0 Å². The molecule has 0 aliphatic heterocycles. The molecule has 0 fully saturated rings. The molecule has 0 bridgehead atoms. The smallest absolute Gasteiger partial charge is 0.252 e. The lowest BCUT2D eigenvalue weighted by Gasteiger charge is -2.18. The van der Waals surface area contributed by atoms with Gasteiger partial charge in [0.2, 0.25) is 0 Å². The molecule has 1 aromatic heterocycles. The van der Waals surface area contributed by atoms with Gasteiger partial charge in [0.1, 0.15) is 0 Å². The minimum Gasteiger partial charge on any atom is -0.345 e. The van der Waals surface area contributed by atoms with Crippen molar-refractivity contribution in [3.63, 3.8) is 0 Å². The number of carbonyl (C=O) groups excluding carboxylic acids is 1. The van der Waals surface area contributed by atoms with Gasteiger partial charge in [0.25, 0.3) is 5.91 Å². The summed E-state index contributed by atoms with van der Waals surface area (Å²) in [5, 5.41) is 4.98. The number of rotatable bonds is 4. The highest BCUT2D eigenvalue weighted by molar-refractivity contribution is 6.36. The Morgan fingerprint density at radius 2 is 1.67 bits per heavy atom. The molecule has 4 aromatic rings. The number of hydrogen-bond acceptors (Lipinski definition) is 2. The van der Waals surface area contributed by atoms with Crippen molar-refractivity contribution < 1.29 is 4.79 Å². The third kappa shape index (κ3) is 3.91. The summed E-state index contributed by atoms with van der Waals surface area (Å²) in [6, 6.07) is 22.7. The first-order valence-electron chi connectivity index (χ1n) is 9.66. The van der Waals surface area contributed by atoms with E-state index in [0.29, 0.717) is 21.3 Å². The van der Waals surface area contributed by atoms with E-state index < -0.39 is 0 Å². The number of nitrogens with zero attached hydrogens (tertiary/aromatic N) is 1. The highest BCUT2D eigenvalue weighted by atomic mass is 35.5. The van der Waals surface area contributed by atoms with Crippen molar-refractivity contribution in [1.29, 1.82) is 0 Å². The quantitative estimate of drug-likeness (QED) is 0.375. The molecule has 0 aliphatic rings. The van der Waals surface area contributed by atoms with Gasteiger partial charge < -0.3 is 5.32 Å². The normalized spacial score (nSPS) is 12.0. The lowest BCUT2D eigenvalue weighted by atomic mass is 9.96. The molecule has 4 rings (SSSR count). The van der Waals surface area contributed by atoms with Crippen LogP contribution in [0.15, 0.2) is 72.8 Å². The number of aromatic nitrogens is 1. The third-order valence-electron chi connectivity index (χ3n) is 5.20. The molecule has 1 heterocycles. The Morgan fingerprint density at radius 1 is 0.967 bits per heavy atom. The van der Waals surface area contributed by atoms with Gasteiger partial charge in [-0.15, -0.1) is 0 Å². The maximum atomic E-state index is 13.4. The van der Waals surface area contributed by atoms with Gasteiger partial charge in [-0.25, -0.2) is 4.98 Å². The van der Waals surface area contributed by atoms with Crippen LogP contribution in [0.5, 0.6) is 0 Å². The highest BCUT2D eigenvalue weighted by Crippen LogP contribution is 2.35. The summed E-state index contributed by atoms with van der Waals surface area (Å²) in [6.45, 7) is 3.88. The van der Waals surface area contributed by atoms with E-state index in [1.807, 2.05) is 74.5 Å². The number of halogens is 2. The summed E-state index contributed by atoms with van der Waals surface area (Å²) >= 11 is 12.5. The predicted molar refractivity (Wildman–Crippen MR) is 124 cm³/mol. The molecule has 3 nitrogen and oxygen atoms in total. The van der Waals surface area contributed by atoms with Crippen LogP contribution in [0.4, 0.5) is 0 Å². The molecule has 1 unspecified atom stereocenters. The van der Waals surface area contributed by atoms with Crippen LogP contribution in [0.3, 0.4) is 0 Å². The van der Waals surface area contributed by atoms with Crippen molar-refractivity contribution in [2.45, 2.75) is 19.9 Å². The van der Waals surface area contributed by atoms with E-state index in [0.717, 1.165) is 27.6 Å². The summed E-state index contributed by atoms with van der Waals surface area (Å²) in [5.74, 6) is -0.145.